The van der Waals surface area contributed by atoms with Crippen LogP contribution < -0.4 is 5.43 Å². The SMILES string of the molecule is O=C(CN1CCN(Cc2ccc(Cl)cc2)CC1)NN=Cc1cc([N+](=O)[O-])ccc1Cl. The standard InChI is InChI=1S/C20H21Cl2N5O3/c21-17-3-1-15(2-4-17)13-25-7-9-26(10-8-25)14-20(28)24-23-12-16-11-18(27(29)30)5-6-19(16)22/h1-6,11-12H,7-10,13-14H2,(H,24,28). The number of halogens is 2. The van der Waals surface area contributed by atoms with Crippen LogP contribution in [0.2, 0.25) is 10.0 Å². The van der Waals surface area contributed by atoms with E-state index in [0.29, 0.717) is 10.6 Å². The third-order valence-corrected chi connectivity index (χ3v) is 5.33. The first-order valence-corrected chi connectivity index (χ1v) is 10.1. The lowest BCUT2D eigenvalue weighted by atomic mass is 10.2. The van der Waals surface area contributed by atoms with E-state index in [1.165, 1.54) is 30.0 Å². The molecule has 1 fully saturated rings. The molecule has 0 bridgehead atoms. The van der Waals surface area contributed by atoms with Crippen LogP contribution in [0.25, 0.3) is 0 Å². The minimum Gasteiger partial charge on any atom is -0.297 e. The van der Waals surface area contributed by atoms with Gasteiger partial charge in [0.2, 0.25) is 0 Å². The monoisotopic (exact) mass is 449 g/mol. The number of hydrazone groups is 1. The summed E-state index contributed by atoms with van der Waals surface area (Å²) in [6, 6.07) is 11.9. The van der Waals surface area contributed by atoms with Crippen molar-refractivity contribution in [3.63, 3.8) is 0 Å². The van der Waals surface area contributed by atoms with Gasteiger partial charge in [0.25, 0.3) is 11.6 Å². The van der Waals surface area contributed by atoms with Crippen LogP contribution in [-0.4, -0.2) is 59.6 Å². The molecule has 1 aliphatic rings. The van der Waals surface area contributed by atoms with Gasteiger partial charge in [0.15, 0.2) is 0 Å². The summed E-state index contributed by atoms with van der Waals surface area (Å²) < 4.78 is 0. The minimum absolute atomic E-state index is 0.0938. The zero-order valence-corrected chi connectivity index (χ0v) is 17.6. The predicted octanol–water partition coefficient (Wildman–Crippen LogP) is 3.17. The second-order valence-corrected chi connectivity index (χ2v) is 7.78. The number of hydrogen-bond acceptors (Lipinski definition) is 6. The Morgan fingerprint density at radius 2 is 1.77 bits per heavy atom. The Kier molecular flexibility index (Phi) is 7.75. The zero-order chi connectivity index (χ0) is 21.5. The number of non-ortho nitro benzene ring substituents is 1. The number of carbonyl (C=O) groups is 1. The predicted molar refractivity (Wildman–Crippen MR) is 117 cm³/mol. The highest BCUT2D eigenvalue weighted by Crippen LogP contribution is 2.20. The van der Waals surface area contributed by atoms with Crippen molar-refractivity contribution in [3.8, 4) is 0 Å². The van der Waals surface area contributed by atoms with Crippen molar-refractivity contribution in [1.82, 2.24) is 15.2 Å². The maximum absolute atomic E-state index is 12.1. The molecule has 0 aliphatic carbocycles. The van der Waals surface area contributed by atoms with Crippen molar-refractivity contribution in [3.05, 3.63) is 73.8 Å². The average Bonchev–Trinajstić information content (AvgIpc) is 2.72. The number of nitrogens with one attached hydrogen (secondary N) is 1. The Balaban J connectivity index is 1.43. The molecule has 1 amide bonds. The van der Waals surface area contributed by atoms with E-state index in [4.69, 9.17) is 23.2 Å². The van der Waals surface area contributed by atoms with Gasteiger partial charge in [-0.05, 0) is 23.8 Å². The molecule has 1 aliphatic heterocycles. The number of benzene rings is 2. The largest absolute Gasteiger partial charge is 0.297 e. The van der Waals surface area contributed by atoms with Gasteiger partial charge in [0, 0.05) is 60.5 Å². The fourth-order valence-corrected chi connectivity index (χ4v) is 3.40. The van der Waals surface area contributed by atoms with E-state index in [1.807, 2.05) is 24.3 Å². The molecule has 158 valence electrons. The fraction of sp³-hybridized carbons (Fsp3) is 0.300. The van der Waals surface area contributed by atoms with Crippen LogP contribution in [0.15, 0.2) is 47.6 Å². The van der Waals surface area contributed by atoms with Crippen LogP contribution in [0, 0.1) is 10.1 Å². The molecule has 0 saturated carbocycles. The van der Waals surface area contributed by atoms with Gasteiger partial charge in [0.05, 0.1) is 17.7 Å². The maximum atomic E-state index is 12.1. The van der Waals surface area contributed by atoms with Gasteiger partial charge in [-0.2, -0.15) is 5.10 Å². The Hall–Kier alpha value is -2.52. The van der Waals surface area contributed by atoms with E-state index in [2.05, 4.69) is 20.3 Å². The molecular formula is C20H21Cl2N5O3. The van der Waals surface area contributed by atoms with E-state index in [-0.39, 0.29) is 18.1 Å². The zero-order valence-electron chi connectivity index (χ0n) is 16.1. The Morgan fingerprint density at radius 3 is 2.43 bits per heavy atom. The second-order valence-electron chi connectivity index (χ2n) is 6.93. The number of hydrogen-bond donors (Lipinski definition) is 1. The van der Waals surface area contributed by atoms with Gasteiger partial charge >= 0.3 is 0 Å². The van der Waals surface area contributed by atoms with Crippen molar-refractivity contribution in [1.29, 1.82) is 0 Å². The molecular weight excluding hydrogens is 429 g/mol. The summed E-state index contributed by atoms with van der Waals surface area (Å²) in [6.45, 7) is 4.37. The summed E-state index contributed by atoms with van der Waals surface area (Å²) in [6.07, 6.45) is 1.30. The number of nitro benzene ring substituents is 1. The van der Waals surface area contributed by atoms with Crippen molar-refractivity contribution in [2.24, 2.45) is 5.10 Å². The van der Waals surface area contributed by atoms with E-state index in [1.54, 1.807) is 0 Å². The molecule has 1 N–H and O–H groups in total. The van der Waals surface area contributed by atoms with Crippen molar-refractivity contribution in [2.75, 3.05) is 32.7 Å². The lowest BCUT2D eigenvalue weighted by molar-refractivity contribution is -0.384. The number of nitrogens with zero attached hydrogens (tertiary/aromatic N) is 4. The van der Waals surface area contributed by atoms with Gasteiger partial charge in [-0.15, -0.1) is 0 Å². The van der Waals surface area contributed by atoms with Crippen molar-refractivity contribution >= 4 is 41.0 Å². The lowest BCUT2D eigenvalue weighted by Crippen LogP contribution is -2.48. The molecule has 0 radical (unpaired) electrons. The molecule has 3 rings (SSSR count). The molecule has 8 nitrogen and oxygen atoms in total. The third kappa shape index (κ3) is 6.50. The normalized spacial score (nSPS) is 15.4. The summed E-state index contributed by atoms with van der Waals surface area (Å²) in [7, 11) is 0. The van der Waals surface area contributed by atoms with Gasteiger partial charge in [0.1, 0.15) is 0 Å². The lowest BCUT2D eigenvalue weighted by Gasteiger charge is -2.34. The smallest absolute Gasteiger partial charge is 0.270 e. The molecule has 10 heteroatoms. The van der Waals surface area contributed by atoms with Crippen LogP contribution in [-0.2, 0) is 11.3 Å². The first kappa shape index (κ1) is 22.2. The highest BCUT2D eigenvalue weighted by molar-refractivity contribution is 6.33. The van der Waals surface area contributed by atoms with Crippen LogP contribution >= 0.6 is 23.2 Å². The fourth-order valence-electron chi connectivity index (χ4n) is 3.11. The van der Waals surface area contributed by atoms with Crippen molar-refractivity contribution < 1.29 is 9.72 Å². The number of carbonyl (C=O) groups excluding carboxylic acids is 1. The quantitative estimate of drug-likeness (QED) is 0.398. The summed E-state index contributed by atoms with van der Waals surface area (Å²) in [5, 5.41) is 15.7. The van der Waals surface area contributed by atoms with E-state index < -0.39 is 4.92 Å². The number of amides is 1. The molecule has 0 unspecified atom stereocenters. The maximum Gasteiger partial charge on any atom is 0.270 e. The van der Waals surface area contributed by atoms with Gasteiger partial charge in [-0.3, -0.25) is 24.7 Å². The van der Waals surface area contributed by atoms with Gasteiger partial charge < -0.3 is 0 Å². The summed E-state index contributed by atoms with van der Waals surface area (Å²) in [5.41, 5.74) is 3.92. The Labute approximate surface area is 184 Å². The van der Waals surface area contributed by atoms with E-state index in [9.17, 15) is 14.9 Å². The van der Waals surface area contributed by atoms with E-state index >= 15 is 0 Å². The third-order valence-electron chi connectivity index (χ3n) is 4.73. The molecule has 1 saturated heterocycles. The molecule has 0 aromatic heterocycles. The molecule has 0 atom stereocenters. The van der Waals surface area contributed by atoms with Crippen LogP contribution in [0.3, 0.4) is 0 Å². The average molecular weight is 450 g/mol. The molecule has 2 aromatic rings. The minimum atomic E-state index is -0.515. The second kappa shape index (κ2) is 10.5. The number of nitro groups is 1. The van der Waals surface area contributed by atoms with Crippen molar-refractivity contribution in [2.45, 2.75) is 6.54 Å². The Morgan fingerprint density at radius 1 is 1.10 bits per heavy atom. The number of rotatable bonds is 7. The van der Waals surface area contributed by atoms with Gasteiger partial charge in [-0.1, -0.05) is 35.3 Å². The highest BCUT2D eigenvalue weighted by Gasteiger charge is 2.19. The molecule has 1 heterocycles. The topological polar surface area (TPSA) is 91.1 Å². The molecule has 0 spiro atoms. The van der Waals surface area contributed by atoms with Crippen LogP contribution in [0.5, 0.6) is 0 Å². The first-order chi connectivity index (χ1) is 14.4. The summed E-state index contributed by atoms with van der Waals surface area (Å²) >= 11 is 11.9. The number of piperazine rings is 1. The molecule has 2 aromatic carbocycles. The summed E-state index contributed by atoms with van der Waals surface area (Å²) in [5.74, 6) is -0.251. The van der Waals surface area contributed by atoms with E-state index in [0.717, 1.165) is 37.7 Å². The summed E-state index contributed by atoms with van der Waals surface area (Å²) in [4.78, 5) is 26.9. The highest BCUT2D eigenvalue weighted by atomic mass is 35.5. The van der Waals surface area contributed by atoms with Crippen LogP contribution in [0.1, 0.15) is 11.1 Å². The van der Waals surface area contributed by atoms with Crippen LogP contribution in [0.4, 0.5) is 5.69 Å². The first-order valence-electron chi connectivity index (χ1n) is 9.36. The van der Waals surface area contributed by atoms with Gasteiger partial charge in [-0.25, -0.2) is 5.43 Å². The molecule has 30 heavy (non-hydrogen) atoms. The Bertz CT molecular complexity index is 929.